The molecule has 0 fully saturated rings. The third kappa shape index (κ3) is 1.90. The number of alkyl halides is 1. The number of hydrogen-bond acceptors (Lipinski definition) is 0. The maximum atomic E-state index is 3.56. The van der Waals surface area contributed by atoms with Crippen LogP contribution in [0.3, 0.4) is 0 Å². The highest BCUT2D eigenvalue weighted by atomic mass is 79.9. The molecule has 0 heterocycles. The summed E-state index contributed by atoms with van der Waals surface area (Å²) in [6.07, 6.45) is 0. The summed E-state index contributed by atoms with van der Waals surface area (Å²) in [7, 11) is 0. The monoisotopic (exact) mass is 376 g/mol. The Balaban J connectivity index is 2.84. The molecular formula is C11H7Br3. The zero-order valence-corrected chi connectivity index (χ0v) is 12.0. The van der Waals surface area contributed by atoms with Gasteiger partial charge in [0.05, 0.1) is 0 Å². The fraction of sp³-hybridized carbons (Fsp3) is 0.0909. The van der Waals surface area contributed by atoms with E-state index in [4.69, 9.17) is 0 Å². The van der Waals surface area contributed by atoms with Gasteiger partial charge in [0.1, 0.15) is 0 Å². The number of halogens is 3. The SMILES string of the molecule is BrCc1c(Br)ccc2ccc(Br)cc12. The lowest BCUT2D eigenvalue weighted by molar-refractivity contribution is 1.45. The number of rotatable bonds is 1. The van der Waals surface area contributed by atoms with Crippen molar-refractivity contribution in [1.82, 2.24) is 0 Å². The van der Waals surface area contributed by atoms with Gasteiger partial charge in [-0.2, -0.15) is 0 Å². The molecule has 0 amide bonds. The molecule has 14 heavy (non-hydrogen) atoms. The topological polar surface area (TPSA) is 0 Å². The lowest BCUT2D eigenvalue weighted by Gasteiger charge is -2.06. The van der Waals surface area contributed by atoms with E-state index in [2.05, 4.69) is 78.1 Å². The summed E-state index contributed by atoms with van der Waals surface area (Å²) < 4.78 is 2.27. The Morgan fingerprint density at radius 3 is 2.43 bits per heavy atom. The first kappa shape index (κ1) is 10.7. The van der Waals surface area contributed by atoms with Crippen LogP contribution in [-0.4, -0.2) is 0 Å². The van der Waals surface area contributed by atoms with Gasteiger partial charge in [-0.15, -0.1) is 0 Å². The van der Waals surface area contributed by atoms with Crippen LogP contribution >= 0.6 is 47.8 Å². The van der Waals surface area contributed by atoms with Crippen LogP contribution in [0.15, 0.2) is 39.3 Å². The molecule has 3 heteroatoms. The standard InChI is InChI=1S/C11H7Br3/c12-6-10-9-5-8(13)3-1-7(9)2-4-11(10)14/h1-5H,6H2. The van der Waals surface area contributed by atoms with Crippen molar-refractivity contribution >= 4 is 58.6 Å². The predicted octanol–water partition coefficient (Wildman–Crippen LogP) is 5.26. The first-order valence-corrected chi connectivity index (χ1v) is 6.85. The van der Waals surface area contributed by atoms with E-state index < -0.39 is 0 Å². The zero-order chi connectivity index (χ0) is 10.1. The second kappa shape index (κ2) is 4.33. The Bertz CT molecular complexity index is 472. The van der Waals surface area contributed by atoms with E-state index in [0.29, 0.717) is 0 Å². The Kier molecular flexibility index (Phi) is 3.30. The fourth-order valence-electron chi connectivity index (χ4n) is 1.46. The summed E-state index contributed by atoms with van der Waals surface area (Å²) in [5, 5.41) is 3.41. The van der Waals surface area contributed by atoms with Crippen LogP contribution in [-0.2, 0) is 5.33 Å². The number of benzene rings is 2. The highest BCUT2D eigenvalue weighted by molar-refractivity contribution is 9.11. The Labute approximate surface area is 108 Å². The van der Waals surface area contributed by atoms with Crippen LogP contribution < -0.4 is 0 Å². The van der Waals surface area contributed by atoms with Crippen molar-refractivity contribution in [2.45, 2.75) is 5.33 Å². The summed E-state index contributed by atoms with van der Waals surface area (Å²) in [6.45, 7) is 0. The minimum Gasteiger partial charge on any atom is -0.0876 e. The van der Waals surface area contributed by atoms with E-state index in [1.807, 2.05) is 0 Å². The minimum absolute atomic E-state index is 0.862. The maximum Gasteiger partial charge on any atom is 0.0300 e. The molecular weight excluding hydrogens is 372 g/mol. The fourth-order valence-corrected chi connectivity index (χ4v) is 3.29. The second-order valence-corrected chi connectivity index (χ2v) is 5.36. The van der Waals surface area contributed by atoms with Gasteiger partial charge in [-0.1, -0.05) is 59.9 Å². The Morgan fingerprint density at radius 2 is 1.71 bits per heavy atom. The lowest BCUT2D eigenvalue weighted by atomic mass is 10.1. The third-order valence-electron chi connectivity index (χ3n) is 2.17. The smallest absolute Gasteiger partial charge is 0.0300 e. The second-order valence-electron chi connectivity index (χ2n) is 3.03. The van der Waals surface area contributed by atoms with E-state index in [0.717, 1.165) is 14.3 Å². The van der Waals surface area contributed by atoms with Crippen LogP contribution in [0.1, 0.15) is 5.56 Å². The quantitative estimate of drug-likeness (QED) is 0.594. The molecule has 2 aromatic carbocycles. The van der Waals surface area contributed by atoms with Gasteiger partial charge in [0.15, 0.2) is 0 Å². The van der Waals surface area contributed by atoms with Crippen LogP contribution in [0.5, 0.6) is 0 Å². The molecule has 0 saturated carbocycles. The van der Waals surface area contributed by atoms with Crippen molar-refractivity contribution in [3.05, 3.63) is 44.8 Å². The summed E-state index contributed by atoms with van der Waals surface area (Å²) in [4.78, 5) is 0. The van der Waals surface area contributed by atoms with Gasteiger partial charge in [-0.3, -0.25) is 0 Å². The van der Waals surface area contributed by atoms with Crippen LogP contribution in [0.4, 0.5) is 0 Å². The molecule has 0 spiro atoms. The van der Waals surface area contributed by atoms with Gasteiger partial charge in [0, 0.05) is 14.3 Å². The van der Waals surface area contributed by atoms with Crippen molar-refractivity contribution in [2.24, 2.45) is 0 Å². The molecule has 0 bridgehead atoms. The van der Waals surface area contributed by atoms with Gasteiger partial charge in [-0.05, 0) is 34.5 Å². The summed E-state index contributed by atoms with van der Waals surface area (Å²) >= 11 is 10.6. The zero-order valence-electron chi connectivity index (χ0n) is 7.23. The number of fused-ring (bicyclic) bond motifs is 1. The molecule has 0 aliphatic carbocycles. The highest BCUT2D eigenvalue weighted by Crippen LogP contribution is 2.30. The van der Waals surface area contributed by atoms with Crippen LogP contribution in [0.2, 0.25) is 0 Å². The predicted molar refractivity (Wildman–Crippen MR) is 72.0 cm³/mol. The molecule has 0 radical (unpaired) electrons. The van der Waals surface area contributed by atoms with Gasteiger partial charge in [-0.25, -0.2) is 0 Å². The molecule has 2 rings (SSSR count). The highest BCUT2D eigenvalue weighted by Gasteiger charge is 2.04. The lowest BCUT2D eigenvalue weighted by Crippen LogP contribution is -1.84. The van der Waals surface area contributed by atoms with E-state index in [1.54, 1.807) is 0 Å². The van der Waals surface area contributed by atoms with Gasteiger partial charge in [0.25, 0.3) is 0 Å². The van der Waals surface area contributed by atoms with Gasteiger partial charge in [0.2, 0.25) is 0 Å². The average molecular weight is 379 g/mol. The van der Waals surface area contributed by atoms with Crippen molar-refractivity contribution < 1.29 is 0 Å². The molecule has 0 nitrogen and oxygen atoms in total. The summed E-state index contributed by atoms with van der Waals surface area (Å²) in [6, 6.07) is 10.5. The molecule has 2 aromatic rings. The van der Waals surface area contributed by atoms with Crippen molar-refractivity contribution in [1.29, 1.82) is 0 Å². The van der Waals surface area contributed by atoms with E-state index in [-0.39, 0.29) is 0 Å². The molecule has 0 atom stereocenters. The summed E-state index contributed by atoms with van der Waals surface area (Å²) in [5.74, 6) is 0. The molecule has 0 saturated heterocycles. The van der Waals surface area contributed by atoms with E-state index in [1.165, 1.54) is 16.3 Å². The first-order chi connectivity index (χ1) is 6.72. The Hall–Kier alpha value is 0.140. The molecule has 0 aromatic heterocycles. The van der Waals surface area contributed by atoms with Crippen molar-refractivity contribution in [3.8, 4) is 0 Å². The molecule has 0 aliphatic heterocycles. The molecule has 0 aliphatic rings. The van der Waals surface area contributed by atoms with Crippen molar-refractivity contribution in [2.75, 3.05) is 0 Å². The van der Waals surface area contributed by atoms with Crippen LogP contribution in [0, 0.1) is 0 Å². The summed E-state index contributed by atoms with van der Waals surface area (Å²) in [5.41, 5.74) is 1.30. The van der Waals surface area contributed by atoms with E-state index >= 15 is 0 Å². The Morgan fingerprint density at radius 1 is 1.00 bits per heavy atom. The molecule has 0 unspecified atom stereocenters. The van der Waals surface area contributed by atoms with Gasteiger partial charge < -0.3 is 0 Å². The largest absolute Gasteiger partial charge is 0.0876 e. The molecule has 0 N–H and O–H groups in total. The average Bonchev–Trinajstić information content (AvgIpc) is 2.17. The van der Waals surface area contributed by atoms with E-state index in [9.17, 15) is 0 Å². The maximum absolute atomic E-state index is 3.56. The molecule has 72 valence electrons. The van der Waals surface area contributed by atoms with Crippen molar-refractivity contribution in [3.63, 3.8) is 0 Å². The van der Waals surface area contributed by atoms with Gasteiger partial charge >= 0.3 is 0 Å². The third-order valence-corrected chi connectivity index (χ3v) is 3.97. The van der Waals surface area contributed by atoms with Crippen LogP contribution in [0.25, 0.3) is 10.8 Å². The minimum atomic E-state index is 0.862. The number of hydrogen-bond donors (Lipinski definition) is 0. The normalized spacial score (nSPS) is 10.8. The first-order valence-electron chi connectivity index (χ1n) is 4.15.